The van der Waals surface area contributed by atoms with Crippen molar-refractivity contribution in [1.29, 1.82) is 0 Å². The van der Waals surface area contributed by atoms with Gasteiger partial charge in [0.05, 0.1) is 28.4 Å². The van der Waals surface area contributed by atoms with Crippen LogP contribution in [0.4, 0.5) is 5.82 Å². The first-order valence-corrected chi connectivity index (χ1v) is 12.0. The van der Waals surface area contributed by atoms with Crippen molar-refractivity contribution in [2.24, 2.45) is 0 Å². The number of nitrogens with zero attached hydrogens (tertiary/aromatic N) is 6. The summed E-state index contributed by atoms with van der Waals surface area (Å²) in [6, 6.07) is 9.97. The molecule has 0 atom stereocenters. The van der Waals surface area contributed by atoms with E-state index < -0.39 is 0 Å². The van der Waals surface area contributed by atoms with Gasteiger partial charge in [0.25, 0.3) is 0 Å². The Bertz CT molecular complexity index is 1410. The highest BCUT2D eigenvalue weighted by Crippen LogP contribution is 2.38. The van der Waals surface area contributed by atoms with Crippen LogP contribution in [0.3, 0.4) is 0 Å². The number of rotatable bonds is 4. The number of thioether (sulfide) groups is 1. The molecule has 0 spiro atoms. The van der Waals surface area contributed by atoms with Gasteiger partial charge in [-0.25, -0.2) is 24.6 Å². The molecule has 7 nitrogen and oxygen atoms in total. The summed E-state index contributed by atoms with van der Waals surface area (Å²) in [6.45, 7) is 0. The maximum atomic E-state index is 6.36. The van der Waals surface area contributed by atoms with Crippen molar-refractivity contribution in [2.45, 2.75) is 36.5 Å². The minimum atomic E-state index is 0.589. The van der Waals surface area contributed by atoms with Crippen molar-refractivity contribution in [3.05, 3.63) is 59.1 Å². The first-order valence-electron chi connectivity index (χ1n) is 10.2. The molecule has 9 heteroatoms. The Kier molecular flexibility index (Phi) is 4.57. The molecule has 0 fully saturated rings. The number of aryl methyl sites for hydroxylation is 2. The molecule has 1 aliphatic rings. The number of anilines is 1. The number of aromatic nitrogens is 6. The Morgan fingerprint density at radius 2 is 1.94 bits per heavy atom. The number of nitrogens with two attached hydrogens (primary N) is 1. The first kappa shape index (κ1) is 18.7. The van der Waals surface area contributed by atoms with Crippen LogP contribution in [0.2, 0.25) is 0 Å². The van der Waals surface area contributed by atoms with Crippen LogP contribution < -0.4 is 5.73 Å². The molecule has 1 aliphatic carbocycles. The molecule has 4 aromatic heterocycles. The fourth-order valence-electron chi connectivity index (χ4n) is 4.12. The minimum absolute atomic E-state index is 0.589. The molecule has 0 amide bonds. The van der Waals surface area contributed by atoms with Crippen molar-refractivity contribution in [1.82, 2.24) is 29.7 Å². The summed E-state index contributed by atoms with van der Waals surface area (Å²) in [5, 5.41) is 7.37. The average Bonchev–Trinajstić information content (AvgIpc) is 3.40. The van der Waals surface area contributed by atoms with E-state index in [1.165, 1.54) is 23.3 Å². The molecule has 0 aliphatic heterocycles. The fraction of sp³-hybridized carbons (Fsp3) is 0.227. The number of benzene rings is 1. The summed E-state index contributed by atoms with van der Waals surface area (Å²) >= 11 is 3.36. The Morgan fingerprint density at radius 3 is 2.84 bits per heavy atom. The van der Waals surface area contributed by atoms with E-state index >= 15 is 0 Å². The lowest BCUT2D eigenvalue weighted by molar-refractivity contribution is 0.700. The molecule has 1 aromatic carbocycles. The van der Waals surface area contributed by atoms with Crippen LogP contribution in [0.15, 0.2) is 47.9 Å². The molecule has 0 radical (unpaired) electrons. The summed E-state index contributed by atoms with van der Waals surface area (Å²) in [4.78, 5) is 20.8. The Balaban J connectivity index is 1.31. The van der Waals surface area contributed by atoms with E-state index in [4.69, 9.17) is 10.7 Å². The van der Waals surface area contributed by atoms with Gasteiger partial charge in [-0.05, 0) is 43.4 Å². The predicted octanol–water partition coefficient (Wildman–Crippen LogP) is 4.57. The van der Waals surface area contributed by atoms with Gasteiger partial charge >= 0.3 is 0 Å². The zero-order valence-corrected chi connectivity index (χ0v) is 18.3. The monoisotopic (exact) mass is 445 g/mol. The molecule has 5 aromatic rings. The molecule has 2 N–H and O–H groups in total. The molecule has 0 saturated carbocycles. The van der Waals surface area contributed by atoms with E-state index in [9.17, 15) is 0 Å². The molecule has 0 saturated heterocycles. The van der Waals surface area contributed by atoms with Gasteiger partial charge in [-0.3, -0.25) is 0 Å². The van der Waals surface area contributed by atoms with Crippen molar-refractivity contribution in [3.63, 3.8) is 0 Å². The summed E-state index contributed by atoms with van der Waals surface area (Å²) < 4.78 is 1.83. The smallest absolute Gasteiger partial charge is 0.167 e. The number of fused-ring (bicyclic) bond motifs is 4. The van der Waals surface area contributed by atoms with E-state index in [0.29, 0.717) is 11.6 Å². The van der Waals surface area contributed by atoms with Crippen LogP contribution in [0.25, 0.3) is 26.9 Å². The normalized spacial score (nSPS) is 13.7. The van der Waals surface area contributed by atoms with Gasteiger partial charge in [0.2, 0.25) is 0 Å². The molecular weight excluding hydrogens is 426 g/mol. The van der Waals surface area contributed by atoms with Crippen molar-refractivity contribution >= 4 is 50.2 Å². The van der Waals surface area contributed by atoms with Crippen LogP contribution in [0, 0.1) is 0 Å². The van der Waals surface area contributed by atoms with Crippen LogP contribution in [-0.4, -0.2) is 29.7 Å². The summed E-state index contributed by atoms with van der Waals surface area (Å²) in [7, 11) is 0. The topological polar surface area (TPSA) is 95.4 Å². The fourth-order valence-corrected chi connectivity index (χ4v) is 6.23. The Morgan fingerprint density at radius 1 is 1.06 bits per heavy atom. The second-order valence-electron chi connectivity index (χ2n) is 7.51. The minimum Gasteiger partial charge on any atom is -0.383 e. The first-order chi connectivity index (χ1) is 15.3. The van der Waals surface area contributed by atoms with E-state index in [1.54, 1.807) is 29.4 Å². The zero-order chi connectivity index (χ0) is 20.8. The number of hydrogen-bond acceptors (Lipinski definition) is 8. The van der Waals surface area contributed by atoms with E-state index in [-0.39, 0.29) is 0 Å². The Labute approximate surface area is 186 Å². The summed E-state index contributed by atoms with van der Waals surface area (Å²) in [5.41, 5.74) is 9.48. The molecule has 6 rings (SSSR count). The standard InChI is InChI=1S/C22H19N7S2/c23-19-18-14-8-4-5-9-16(14)31-22(18)28-17(27-19)11-30-21-15-10-26-29(20(15)24-12-25-21)13-6-2-1-3-7-13/h1-3,6-7,10,12H,4-5,8-9,11H2,(H2,23,27,28). The van der Waals surface area contributed by atoms with Gasteiger partial charge in [0, 0.05) is 4.88 Å². The number of para-hydroxylation sites is 1. The van der Waals surface area contributed by atoms with Gasteiger partial charge in [-0.2, -0.15) is 5.10 Å². The van der Waals surface area contributed by atoms with Gasteiger partial charge in [-0.1, -0.05) is 30.0 Å². The molecule has 0 unspecified atom stereocenters. The molecular formula is C22H19N7S2. The van der Waals surface area contributed by atoms with Crippen molar-refractivity contribution in [2.75, 3.05) is 5.73 Å². The quantitative estimate of drug-likeness (QED) is 0.320. The lowest BCUT2D eigenvalue weighted by Gasteiger charge is -2.10. The second kappa shape index (κ2) is 7.58. The van der Waals surface area contributed by atoms with Crippen LogP contribution >= 0.6 is 23.1 Å². The number of hydrogen-bond donors (Lipinski definition) is 1. The third-order valence-corrected chi connectivity index (χ3v) is 7.74. The van der Waals surface area contributed by atoms with Crippen LogP contribution in [-0.2, 0) is 18.6 Å². The number of thiophene rings is 1. The van der Waals surface area contributed by atoms with Gasteiger partial charge in [0.15, 0.2) is 5.65 Å². The summed E-state index contributed by atoms with van der Waals surface area (Å²) in [5.74, 6) is 1.92. The highest BCUT2D eigenvalue weighted by Gasteiger charge is 2.20. The van der Waals surface area contributed by atoms with Gasteiger partial charge in [-0.15, -0.1) is 11.3 Å². The van der Waals surface area contributed by atoms with E-state index in [1.807, 2.05) is 41.2 Å². The van der Waals surface area contributed by atoms with Crippen molar-refractivity contribution in [3.8, 4) is 5.69 Å². The van der Waals surface area contributed by atoms with E-state index in [2.05, 4.69) is 20.1 Å². The lowest BCUT2D eigenvalue weighted by atomic mass is 9.97. The van der Waals surface area contributed by atoms with E-state index in [0.717, 1.165) is 50.6 Å². The zero-order valence-electron chi connectivity index (χ0n) is 16.7. The van der Waals surface area contributed by atoms with Crippen molar-refractivity contribution < 1.29 is 0 Å². The maximum absolute atomic E-state index is 6.36. The third-order valence-electron chi connectivity index (χ3n) is 5.56. The largest absolute Gasteiger partial charge is 0.383 e. The predicted molar refractivity (Wildman–Crippen MR) is 125 cm³/mol. The SMILES string of the molecule is Nc1nc(CSc2ncnc3c2cnn3-c2ccccc2)nc2sc3c(c12)CCCC3. The molecule has 4 heterocycles. The molecule has 0 bridgehead atoms. The van der Waals surface area contributed by atoms with Crippen LogP contribution in [0.1, 0.15) is 29.1 Å². The molecule has 31 heavy (non-hydrogen) atoms. The van der Waals surface area contributed by atoms with Gasteiger partial charge < -0.3 is 5.73 Å². The van der Waals surface area contributed by atoms with Crippen LogP contribution in [0.5, 0.6) is 0 Å². The highest BCUT2D eigenvalue weighted by atomic mass is 32.2. The second-order valence-corrected chi connectivity index (χ2v) is 9.56. The highest BCUT2D eigenvalue weighted by molar-refractivity contribution is 7.98. The lowest BCUT2D eigenvalue weighted by Crippen LogP contribution is -2.02. The molecule has 154 valence electrons. The third kappa shape index (κ3) is 3.24. The summed E-state index contributed by atoms with van der Waals surface area (Å²) in [6.07, 6.45) is 8.08. The maximum Gasteiger partial charge on any atom is 0.167 e. The van der Waals surface area contributed by atoms with Gasteiger partial charge in [0.1, 0.15) is 27.8 Å². The number of nitrogen functional groups attached to an aromatic ring is 1. The average molecular weight is 446 g/mol. The Hall–Kier alpha value is -3.04.